The molecule has 0 N–H and O–H groups in total. The molecular formula is C50H82NO9P. The van der Waals surface area contributed by atoms with Crippen molar-refractivity contribution in [1.82, 2.24) is 0 Å². The number of phosphoric ester groups is 1. The monoisotopic (exact) mass is 872 g/mol. The summed E-state index contributed by atoms with van der Waals surface area (Å²) >= 11 is 0. The number of rotatable bonds is 39. The van der Waals surface area contributed by atoms with Gasteiger partial charge in [0.05, 0.1) is 40.0 Å². The van der Waals surface area contributed by atoms with Crippen molar-refractivity contribution in [2.24, 2.45) is 0 Å². The molecule has 0 spiro atoms. The van der Waals surface area contributed by atoms with Crippen molar-refractivity contribution in [2.45, 2.75) is 161 Å². The van der Waals surface area contributed by atoms with Crippen LogP contribution < -0.4 is 4.89 Å². The fourth-order valence-electron chi connectivity index (χ4n) is 5.77. The van der Waals surface area contributed by atoms with E-state index in [0.717, 1.165) is 77.0 Å². The number of phosphoric acid groups is 1. The molecule has 346 valence electrons. The fraction of sp³-hybridized carbons (Fsp3) is 0.640. The topological polar surface area (TPSA) is 124 Å². The molecule has 0 aromatic rings. The number of carbonyl (C=O) groups is 2. The van der Waals surface area contributed by atoms with E-state index in [4.69, 9.17) is 23.3 Å². The molecular weight excluding hydrogens is 790 g/mol. The van der Waals surface area contributed by atoms with Crippen molar-refractivity contribution >= 4 is 19.8 Å². The highest BCUT2D eigenvalue weighted by molar-refractivity contribution is 7.45. The standard InChI is InChI=1S/C50H82NO9P/c1-6-8-10-12-14-15-16-17-18-19-20-21-22-23-24-25-28-32-36-40-49(52)56-44-46(45-58-61(54,55)57-43-42-51(3,4)5)59-50(53)41-37-33-29-26-27-31-35-39-48-47(60-48)38-34-30-13-11-9-7-2/h8,10,14-15,17-18,20-21,23-24,26,29-31,34-35,46-48H,6-7,9,11-13,16,19,22,25,27-28,32-33,36-45H2,1-5H3/b10-8-,15-14-,18-17-,21-20-,24-23-,29-26-,34-30-,35-31-/t46-,47?,48?/m1/s1. The summed E-state index contributed by atoms with van der Waals surface area (Å²) in [5, 5.41) is 0. The minimum absolute atomic E-state index is 0.0549. The summed E-state index contributed by atoms with van der Waals surface area (Å²) < 4.78 is 39.6. The molecule has 1 rings (SSSR count). The molecule has 1 aliphatic rings. The molecule has 0 radical (unpaired) electrons. The number of hydrogen-bond acceptors (Lipinski definition) is 9. The Kier molecular flexibility index (Phi) is 34.3. The first-order valence-corrected chi connectivity index (χ1v) is 24.5. The summed E-state index contributed by atoms with van der Waals surface area (Å²) in [4.78, 5) is 37.6. The predicted molar refractivity (Wildman–Crippen MR) is 249 cm³/mol. The lowest BCUT2D eigenvalue weighted by Gasteiger charge is -2.28. The lowest BCUT2D eigenvalue weighted by atomic mass is 10.1. The molecule has 1 fully saturated rings. The van der Waals surface area contributed by atoms with Gasteiger partial charge in [-0.2, -0.15) is 0 Å². The fourth-order valence-corrected chi connectivity index (χ4v) is 6.50. The van der Waals surface area contributed by atoms with E-state index in [1.165, 1.54) is 19.3 Å². The number of epoxide rings is 1. The van der Waals surface area contributed by atoms with Crippen LogP contribution in [-0.4, -0.2) is 82.2 Å². The Labute approximate surface area is 370 Å². The maximum absolute atomic E-state index is 12.7. The molecule has 0 aromatic heterocycles. The van der Waals surface area contributed by atoms with Gasteiger partial charge in [-0.1, -0.05) is 130 Å². The number of likely N-dealkylation sites (N-methyl/N-ethyl adjacent to an activating group) is 1. The lowest BCUT2D eigenvalue weighted by Crippen LogP contribution is -2.37. The molecule has 3 unspecified atom stereocenters. The van der Waals surface area contributed by atoms with E-state index in [9.17, 15) is 19.0 Å². The Bertz CT molecular complexity index is 1420. The third-order valence-electron chi connectivity index (χ3n) is 9.49. The summed E-state index contributed by atoms with van der Waals surface area (Å²) in [5.41, 5.74) is 0. The van der Waals surface area contributed by atoms with Gasteiger partial charge in [-0.3, -0.25) is 14.2 Å². The minimum atomic E-state index is -4.66. The molecule has 1 saturated heterocycles. The highest BCUT2D eigenvalue weighted by Gasteiger charge is 2.36. The Morgan fingerprint density at radius 2 is 1.10 bits per heavy atom. The Hall–Kier alpha value is -3.11. The van der Waals surface area contributed by atoms with Gasteiger partial charge >= 0.3 is 11.9 Å². The Morgan fingerprint density at radius 1 is 0.607 bits per heavy atom. The first-order chi connectivity index (χ1) is 29.5. The van der Waals surface area contributed by atoms with Gasteiger partial charge in [0.25, 0.3) is 7.82 Å². The maximum Gasteiger partial charge on any atom is 0.306 e. The average Bonchev–Trinajstić information content (AvgIpc) is 3.97. The Balaban J connectivity index is 2.34. The van der Waals surface area contributed by atoms with Gasteiger partial charge in [0, 0.05) is 12.8 Å². The van der Waals surface area contributed by atoms with Crippen LogP contribution in [0.25, 0.3) is 0 Å². The van der Waals surface area contributed by atoms with Crippen molar-refractivity contribution in [1.29, 1.82) is 0 Å². The largest absolute Gasteiger partial charge is 0.756 e. The van der Waals surface area contributed by atoms with Gasteiger partial charge in [-0.25, -0.2) is 0 Å². The number of carbonyl (C=O) groups excluding carboxylic acids is 2. The number of unbranched alkanes of at least 4 members (excludes halogenated alkanes) is 7. The second-order valence-corrected chi connectivity index (χ2v) is 17.8. The van der Waals surface area contributed by atoms with Crippen LogP contribution in [0.15, 0.2) is 97.2 Å². The quantitative estimate of drug-likeness (QED) is 0.0148. The van der Waals surface area contributed by atoms with Gasteiger partial charge in [-0.05, 0) is 96.3 Å². The van der Waals surface area contributed by atoms with E-state index in [-0.39, 0.29) is 26.1 Å². The number of quaternary nitrogens is 1. The zero-order valence-corrected chi connectivity index (χ0v) is 39.4. The van der Waals surface area contributed by atoms with Gasteiger partial charge in [0.15, 0.2) is 6.10 Å². The van der Waals surface area contributed by atoms with E-state index >= 15 is 0 Å². The van der Waals surface area contributed by atoms with Crippen LogP contribution >= 0.6 is 7.82 Å². The minimum Gasteiger partial charge on any atom is -0.756 e. The molecule has 0 saturated carbocycles. The molecule has 61 heavy (non-hydrogen) atoms. The third kappa shape index (κ3) is 38.3. The SMILES string of the molecule is CC/C=C\C/C=C\C/C=C\C/C=C\C/C=C\CCCCCC(=O)OC[C@H](COP(=O)([O-])OCC[N+](C)(C)C)OC(=O)CCC/C=C\C/C=C\CC1OC1C/C=C\CCCCC. The molecule has 1 heterocycles. The highest BCUT2D eigenvalue weighted by atomic mass is 31.2. The van der Waals surface area contributed by atoms with E-state index in [1.807, 2.05) is 27.2 Å². The molecule has 0 bridgehead atoms. The first kappa shape index (κ1) is 55.9. The zero-order chi connectivity index (χ0) is 44.7. The van der Waals surface area contributed by atoms with Crippen LogP contribution in [0.1, 0.15) is 142 Å². The number of allylic oxidation sites excluding steroid dienone is 14. The Morgan fingerprint density at radius 3 is 1.67 bits per heavy atom. The van der Waals surface area contributed by atoms with Crippen molar-refractivity contribution in [2.75, 3.05) is 47.5 Å². The normalized spacial score (nSPS) is 17.7. The van der Waals surface area contributed by atoms with Crippen molar-refractivity contribution in [3.8, 4) is 0 Å². The number of ether oxygens (including phenoxy) is 3. The number of nitrogens with zero attached hydrogens (tertiary/aromatic N) is 1. The second kappa shape index (κ2) is 37.4. The van der Waals surface area contributed by atoms with Crippen molar-refractivity contribution in [3.63, 3.8) is 0 Å². The van der Waals surface area contributed by atoms with Crippen LogP contribution in [0.3, 0.4) is 0 Å². The molecule has 0 amide bonds. The van der Waals surface area contributed by atoms with Crippen LogP contribution in [0.5, 0.6) is 0 Å². The smallest absolute Gasteiger partial charge is 0.306 e. The molecule has 4 atom stereocenters. The van der Waals surface area contributed by atoms with Crippen LogP contribution in [0.2, 0.25) is 0 Å². The summed E-state index contributed by atoms with van der Waals surface area (Å²) in [6.07, 6.45) is 51.9. The van der Waals surface area contributed by atoms with Crippen LogP contribution in [-0.2, 0) is 37.4 Å². The van der Waals surface area contributed by atoms with Crippen molar-refractivity contribution in [3.05, 3.63) is 97.2 Å². The molecule has 0 aliphatic carbocycles. The summed E-state index contributed by atoms with van der Waals surface area (Å²) in [5.74, 6) is -0.955. The van der Waals surface area contributed by atoms with Crippen molar-refractivity contribution < 1.29 is 46.8 Å². The van der Waals surface area contributed by atoms with E-state index in [0.29, 0.717) is 42.5 Å². The average molecular weight is 872 g/mol. The third-order valence-corrected chi connectivity index (χ3v) is 10.5. The van der Waals surface area contributed by atoms with E-state index in [1.54, 1.807) is 0 Å². The number of hydrogen-bond donors (Lipinski definition) is 0. The van der Waals surface area contributed by atoms with E-state index in [2.05, 4.69) is 105 Å². The van der Waals surface area contributed by atoms with Crippen LogP contribution in [0.4, 0.5) is 0 Å². The highest BCUT2D eigenvalue weighted by Crippen LogP contribution is 2.38. The zero-order valence-electron chi connectivity index (χ0n) is 38.5. The molecule has 0 aromatic carbocycles. The summed E-state index contributed by atoms with van der Waals surface area (Å²) in [6, 6.07) is 0. The van der Waals surface area contributed by atoms with Gasteiger partial charge in [-0.15, -0.1) is 0 Å². The second-order valence-electron chi connectivity index (χ2n) is 16.4. The molecule has 10 nitrogen and oxygen atoms in total. The summed E-state index contributed by atoms with van der Waals surface area (Å²) in [6.45, 7) is 3.94. The van der Waals surface area contributed by atoms with Gasteiger partial charge < -0.3 is 32.6 Å². The molecule has 1 aliphatic heterocycles. The lowest BCUT2D eigenvalue weighted by molar-refractivity contribution is -0.870. The maximum atomic E-state index is 12.7. The number of esters is 2. The van der Waals surface area contributed by atoms with Gasteiger partial charge in [0.2, 0.25) is 0 Å². The first-order valence-electron chi connectivity index (χ1n) is 23.1. The molecule has 11 heteroatoms. The summed E-state index contributed by atoms with van der Waals surface area (Å²) in [7, 11) is 1.08. The van der Waals surface area contributed by atoms with Gasteiger partial charge in [0.1, 0.15) is 19.8 Å². The van der Waals surface area contributed by atoms with Crippen LogP contribution in [0, 0.1) is 0 Å². The predicted octanol–water partition coefficient (Wildman–Crippen LogP) is 11.7. The van der Waals surface area contributed by atoms with E-state index < -0.39 is 32.5 Å².